The molecule has 1 saturated carbocycles. The standard InChI is InChI=1S/C29H38FN3/c1-32(2)29(23-9-5-3-6-10-23)16-13-22(14-17-29)28-25(15-20-33-18-7-4-8-19-33)26-21-24(30)11-12-27(26)31-28/h3,5-6,9-12,21-22,31H,4,7-8,13-20H2,1-2H3. The van der Waals surface area contributed by atoms with Crippen LogP contribution in [0.3, 0.4) is 0 Å². The molecule has 1 aliphatic heterocycles. The van der Waals surface area contributed by atoms with E-state index in [1.54, 1.807) is 12.1 Å². The van der Waals surface area contributed by atoms with E-state index in [1.807, 2.05) is 6.07 Å². The lowest BCUT2D eigenvalue weighted by Crippen LogP contribution is -2.44. The molecule has 0 amide bonds. The molecule has 0 atom stereocenters. The smallest absolute Gasteiger partial charge is 0.123 e. The first-order valence-corrected chi connectivity index (χ1v) is 12.8. The monoisotopic (exact) mass is 447 g/mol. The molecule has 2 aromatic carbocycles. The van der Waals surface area contributed by atoms with Crippen LogP contribution >= 0.6 is 0 Å². The average Bonchev–Trinajstić information content (AvgIpc) is 3.21. The van der Waals surface area contributed by atoms with Crippen molar-refractivity contribution in [2.75, 3.05) is 33.7 Å². The van der Waals surface area contributed by atoms with Gasteiger partial charge in [0.15, 0.2) is 0 Å². The normalized spacial score (nSPS) is 24.5. The first-order chi connectivity index (χ1) is 16.1. The maximum atomic E-state index is 14.2. The van der Waals surface area contributed by atoms with Crippen molar-refractivity contribution in [3.05, 3.63) is 71.2 Å². The molecule has 0 bridgehead atoms. The van der Waals surface area contributed by atoms with Gasteiger partial charge in [0.05, 0.1) is 0 Å². The van der Waals surface area contributed by atoms with Crippen molar-refractivity contribution in [3.63, 3.8) is 0 Å². The predicted octanol–water partition coefficient (Wildman–Crippen LogP) is 6.45. The summed E-state index contributed by atoms with van der Waals surface area (Å²) in [5.41, 5.74) is 5.35. The van der Waals surface area contributed by atoms with E-state index in [4.69, 9.17) is 0 Å². The van der Waals surface area contributed by atoms with Crippen LogP contribution in [0.4, 0.5) is 4.39 Å². The second kappa shape index (κ2) is 9.60. The van der Waals surface area contributed by atoms with Gasteiger partial charge in [0.1, 0.15) is 5.82 Å². The number of aromatic amines is 1. The quantitative estimate of drug-likeness (QED) is 0.469. The Morgan fingerprint density at radius 1 is 1.00 bits per heavy atom. The molecule has 1 saturated heterocycles. The highest BCUT2D eigenvalue weighted by Gasteiger charge is 2.39. The Balaban J connectivity index is 1.41. The summed E-state index contributed by atoms with van der Waals surface area (Å²) in [5, 5.41) is 1.09. The Labute approximate surface area is 198 Å². The van der Waals surface area contributed by atoms with Gasteiger partial charge in [-0.2, -0.15) is 0 Å². The largest absolute Gasteiger partial charge is 0.358 e. The van der Waals surface area contributed by atoms with E-state index >= 15 is 0 Å². The van der Waals surface area contributed by atoms with E-state index in [-0.39, 0.29) is 11.4 Å². The lowest BCUT2D eigenvalue weighted by atomic mass is 9.70. The molecular weight excluding hydrogens is 409 g/mol. The van der Waals surface area contributed by atoms with Crippen molar-refractivity contribution in [2.45, 2.75) is 62.8 Å². The van der Waals surface area contributed by atoms with Gasteiger partial charge in [-0.25, -0.2) is 4.39 Å². The van der Waals surface area contributed by atoms with E-state index in [9.17, 15) is 4.39 Å². The van der Waals surface area contributed by atoms with Gasteiger partial charge < -0.3 is 9.88 Å². The SMILES string of the molecule is CN(C)C1(c2ccccc2)CCC(c2[nH]c3ccc(F)cc3c2CCN2CCCCC2)CC1. The van der Waals surface area contributed by atoms with E-state index in [2.05, 4.69) is 59.2 Å². The number of hydrogen-bond donors (Lipinski definition) is 1. The van der Waals surface area contributed by atoms with Crippen molar-refractivity contribution < 1.29 is 4.39 Å². The maximum absolute atomic E-state index is 14.2. The third-order valence-electron chi connectivity index (χ3n) is 8.42. The Morgan fingerprint density at radius 3 is 2.42 bits per heavy atom. The van der Waals surface area contributed by atoms with Crippen molar-refractivity contribution in [2.24, 2.45) is 0 Å². The second-order valence-electron chi connectivity index (χ2n) is 10.4. The van der Waals surface area contributed by atoms with E-state index < -0.39 is 0 Å². The van der Waals surface area contributed by atoms with Gasteiger partial charge in [-0.3, -0.25) is 4.90 Å². The van der Waals surface area contributed by atoms with Gasteiger partial charge >= 0.3 is 0 Å². The third-order valence-corrected chi connectivity index (χ3v) is 8.42. The summed E-state index contributed by atoms with van der Waals surface area (Å²) in [6.07, 6.45) is 9.57. The molecule has 5 rings (SSSR count). The minimum absolute atomic E-state index is 0.101. The second-order valence-corrected chi connectivity index (χ2v) is 10.4. The van der Waals surface area contributed by atoms with Crippen molar-refractivity contribution >= 4 is 10.9 Å². The minimum atomic E-state index is -0.133. The van der Waals surface area contributed by atoms with Crippen LogP contribution in [0.1, 0.15) is 67.7 Å². The summed E-state index contributed by atoms with van der Waals surface area (Å²) >= 11 is 0. The average molecular weight is 448 g/mol. The van der Waals surface area contributed by atoms with Crippen LogP contribution in [0, 0.1) is 5.82 Å². The van der Waals surface area contributed by atoms with Crippen LogP contribution < -0.4 is 0 Å². The zero-order chi connectivity index (χ0) is 22.8. The molecule has 2 aliphatic rings. The number of nitrogens with zero attached hydrogens (tertiary/aromatic N) is 2. The lowest BCUT2D eigenvalue weighted by Gasteiger charge is -2.45. The summed E-state index contributed by atoms with van der Waals surface area (Å²) in [5.74, 6) is 0.375. The molecule has 3 nitrogen and oxygen atoms in total. The number of aromatic nitrogens is 1. The van der Waals surface area contributed by atoms with Crippen LogP contribution in [-0.2, 0) is 12.0 Å². The molecule has 176 valence electrons. The van der Waals surface area contributed by atoms with Crippen molar-refractivity contribution in [1.29, 1.82) is 0 Å². The van der Waals surface area contributed by atoms with Gasteiger partial charge in [-0.15, -0.1) is 0 Å². The van der Waals surface area contributed by atoms with Gasteiger partial charge in [-0.1, -0.05) is 36.8 Å². The third kappa shape index (κ3) is 4.48. The fourth-order valence-corrected chi connectivity index (χ4v) is 6.44. The zero-order valence-corrected chi connectivity index (χ0v) is 20.2. The number of hydrogen-bond acceptors (Lipinski definition) is 2. The van der Waals surface area contributed by atoms with Gasteiger partial charge in [0.25, 0.3) is 0 Å². The number of rotatable bonds is 6. The van der Waals surface area contributed by atoms with Crippen LogP contribution in [0.25, 0.3) is 10.9 Å². The van der Waals surface area contributed by atoms with Gasteiger partial charge in [0.2, 0.25) is 0 Å². The summed E-state index contributed by atoms with van der Waals surface area (Å²) in [6, 6.07) is 16.3. The van der Waals surface area contributed by atoms with Crippen LogP contribution in [0.15, 0.2) is 48.5 Å². The molecule has 1 aromatic heterocycles. The number of piperidine rings is 1. The highest BCUT2D eigenvalue weighted by molar-refractivity contribution is 5.85. The van der Waals surface area contributed by atoms with Crippen molar-refractivity contribution in [3.8, 4) is 0 Å². The summed E-state index contributed by atoms with van der Waals surface area (Å²) < 4.78 is 14.2. The zero-order valence-electron chi connectivity index (χ0n) is 20.2. The molecule has 0 spiro atoms. The molecule has 33 heavy (non-hydrogen) atoms. The number of fused-ring (bicyclic) bond motifs is 1. The Morgan fingerprint density at radius 2 is 1.73 bits per heavy atom. The van der Waals surface area contributed by atoms with Gasteiger partial charge in [-0.05, 0) is 107 Å². The summed E-state index contributed by atoms with van der Waals surface area (Å²) in [7, 11) is 4.45. The number of halogens is 1. The molecule has 4 heteroatoms. The summed E-state index contributed by atoms with van der Waals surface area (Å²) in [6.45, 7) is 3.49. The Kier molecular flexibility index (Phi) is 6.58. The molecule has 1 N–H and O–H groups in total. The first-order valence-electron chi connectivity index (χ1n) is 12.8. The maximum Gasteiger partial charge on any atom is 0.123 e. The van der Waals surface area contributed by atoms with Crippen LogP contribution in [0.2, 0.25) is 0 Å². The highest BCUT2D eigenvalue weighted by atomic mass is 19.1. The van der Waals surface area contributed by atoms with Crippen LogP contribution in [0.5, 0.6) is 0 Å². The van der Waals surface area contributed by atoms with Gasteiger partial charge in [0, 0.05) is 28.7 Å². The topological polar surface area (TPSA) is 22.3 Å². The molecule has 0 unspecified atom stereocenters. The fourth-order valence-electron chi connectivity index (χ4n) is 6.44. The molecular formula is C29H38FN3. The Bertz CT molecular complexity index is 1060. The number of likely N-dealkylation sites (tertiary alicyclic amines) is 1. The number of H-pyrrole nitrogens is 1. The number of nitrogens with one attached hydrogen (secondary N) is 1. The molecule has 0 radical (unpaired) electrons. The summed E-state index contributed by atoms with van der Waals surface area (Å²) in [4.78, 5) is 8.77. The molecule has 2 heterocycles. The number of benzene rings is 2. The Hall–Kier alpha value is -2.17. The van der Waals surface area contributed by atoms with Crippen molar-refractivity contribution in [1.82, 2.24) is 14.8 Å². The molecule has 3 aromatic rings. The van der Waals surface area contributed by atoms with Crippen LogP contribution in [-0.4, -0.2) is 48.5 Å². The van der Waals surface area contributed by atoms with E-state index in [0.717, 1.165) is 49.6 Å². The first kappa shape index (κ1) is 22.6. The lowest BCUT2D eigenvalue weighted by molar-refractivity contribution is 0.0903. The predicted molar refractivity (Wildman–Crippen MR) is 135 cm³/mol. The fraction of sp³-hybridized carbons (Fsp3) is 0.517. The minimum Gasteiger partial charge on any atom is -0.358 e. The van der Waals surface area contributed by atoms with E-state index in [0.29, 0.717) is 5.92 Å². The van der Waals surface area contributed by atoms with E-state index in [1.165, 1.54) is 49.2 Å². The molecule has 1 aliphatic carbocycles. The highest BCUT2D eigenvalue weighted by Crippen LogP contribution is 2.47. The molecule has 2 fully saturated rings.